The number of phenolic OH excluding ortho intramolecular Hbond substituents is 6. The Morgan fingerprint density at radius 2 is 1.43 bits per heavy atom. The number of carbonyl (C=O) groups excluding carboxylic acids is 1. The third kappa shape index (κ3) is 5.73. The fourth-order valence-electron chi connectivity index (χ4n) is 7.92. The predicted molar refractivity (Wildman–Crippen MR) is 179 cm³/mol. The van der Waals surface area contributed by atoms with Crippen molar-refractivity contribution in [1.29, 1.82) is 0 Å². The van der Waals surface area contributed by atoms with E-state index in [2.05, 4.69) is 13.8 Å². The van der Waals surface area contributed by atoms with Crippen LogP contribution in [0.1, 0.15) is 103 Å². The Morgan fingerprint density at radius 1 is 0.755 bits per heavy atom. The molecule has 4 atom stereocenters. The minimum absolute atomic E-state index is 0.0116. The van der Waals surface area contributed by atoms with E-state index in [4.69, 9.17) is 14.2 Å². The molecule has 0 radical (unpaired) electrons. The molecule has 3 heterocycles. The summed E-state index contributed by atoms with van der Waals surface area (Å²) < 4.78 is 19.9. The third-order valence-electron chi connectivity index (χ3n) is 10.2. The fraction of sp³-hybridized carbons (Fsp3) is 0.359. The molecule has 0 bridgehead atoms. The molecule has 10 heteroatoms. The molecule has 0 amide bonds. The zero-order valence-corrected chi connectivity index (χ0v) is 27.7. The lowest BCUT2D eigenvalue weighted by Crippen LogP contribution is -2.48. The van der Waals surface area contributed by atoms with Gasteiger partial charge < -0.3 is 44.8 Å². The van der Waals surface area contributed by atoms with Gasteiger partial charge in [0.2, 0.25) is 0 Å². The second-order valence-corrected chi connectivity index (χ2v) is 14.5. The lowest BCUT2D eigenvalue weighted by atomic mass is 9.75. The molecular formula is C39H40O10. The quantitative estimate of drug-likeness (QED) is 0.126. The van der Waals surface area contributed by atoms with Crippen LogP contribution in [0.3, 0.4) is 0 Å². The number of fused-ring (bicyclic) bond motifs is 2. The number of Topliss-reactive ketones (excluding diaryl/α,β-unsaturated/α-hetero) is 1. The molecule has 3 aliphatic heterocycles. The van der Waals surface area contributed by atoms with E-state index in [0.29, 0.717) is 40.0 Å². The first kappa shape index (κ1) is 32.5. The highest BCUT2D eigenvalue weighted by molar-refractivity contribution is 6.04. The van der Waals surface area contributed by atoms with Crippen LogP contribution in [0.15, 0.2) is 60.7 Å². The van der Waals surface area contributed by atoms with Gasteiger partial charge in [-0.1, -0.05) is 12.1 Å². The van der Waals surface area contributed by atoms with Crippen molar-refractivity contribution in [2.24, 2.45) is 5.92 Å². The van der Waals surface area contributed by atoms with E-state index in [1.165, 1.54) is 48.5 Å². The maximum absolute atomic E-state index is 14.1. The summed E-state index contributed by atoms with van der Waals surface area (Å²) in [4.78, 5) is 14.1. The Bertz CT molecular complexity index is 1940. The van der Waals surface area contributed by atoms with Crippen LogP contribution in [0.25, 0.3) is 0 Å². The highest BCUT2D eigenvalue weighted by atomic mass is 16.5. The number of benzene rings is 4. The topological polar surface area (TPSA) is 166 Å². The molecule has 0 aliphatic carbocycles. The maximum Gasteiger partial charge on any atom is 0.174 e. The van der Waals surface area contributed by atoms with Crippen molar-refractivity contribution in [1.82, 2.24) is 0 Å². The molecule has 4 unspecified atom stereocenters. The van der Waals surface area contributed by atoms with Crippen molar-refractivity contribution >= 4 is 5.78 Å². The molecule has 49 heavy (non-hydrogen) atoms. The third-order valence-corrected chi connectivity index (χ3v) is 10.2. The average molecular weight is 669 g/mol. The van der Waals surface area contributed by atoms with E-state index < -0.39 is 29.5 Å². The number of aromatic hydroxyl groups is 6. The summed E-state index contributed by atoms with van der Waals surface area (Å²) >= 11 is 0. The van der Waals surface area contributed by atoms with E-state index in [0.717, 1.165) is 12.8 Å². The molecule has 6 N–H and O–H groups in total. The summed E-state index contributed by atoms with van der Waals surface area (Å²) in [6.07, 6.45) is 0.0341. The van der Waals surface area contributed by atoms with Crippen molar-refractivity contribution in [2.45, 2.75) is 82.7 Å². The second kappa shape index (κ2) is 11.5. The zero-order chi connectivity index (χ0) is 35.0. The molecule has 4 aromatic carbocycles. The summed E-state index contributed by atoms with van der Waals surface area (Å²) in [6, 6.07) is 14.7. The van der Waals surface area contributed by atoms with Gasteiger partial charge >= 0.3 is 0 Å². The van der Waals surface area contributed by atoms with Gasteiger partial charge in [0.25, 0.3) is 0 Å². The number of carbonyl (C=O) groups is 1. The molecular weight excluding hydrogens is 628 g/mol. The molecule has 1 saturated heterocycles. The Balaban J connectivity index is 1.46. The number of hydrogen-bond acceptors (Lipinski definition) is 10. The lowest BCUT2D eigenvalue weighted by Gasteiger charge is -2.47. The predicted octanol–water partition coefficient (Wildman–Crippen LogP) is 7.42. The van der Waals surface area contributed by atoms with Crippen LogP contribution in [0, 0.1) is 5.92 Å². The molecule has 0 spiro atoms. The first-order valence-electron chi connectivity index (χ1n) is 16.4. The number of ether oxygens (including phenoxy) is 3. The van der Waals surface area contributed by atoms with Crippen molar-refractivity contribution in [2.75, 3.05) is 0 Å². The van der Waals surface area contributed by atoms with Crippen LogP contribution in [-0.4, -0.2) is 47.6 Å². The molecule has 7 rings (SSSR count). The van der Waals surface area contributed by atoms with Crippen molar-refractivity contribution < 1.29 is 49.6 Å². The zero-order valence-electron chi connectivity index (χ0n) is 27.7. The van der Waals surface area contributed by atoms with Crippen LogP contribution in [0.2, 0.25) is 0 Å². The van der Waals surface area contributed by atoms with Gasteiger partial charge in [0.1, 0.15) is 63.8 Å². The first-order chi connectivity index (χ1) is 23.1. The number of rotatable bonds is 5. The van der Waals surface area contributed by atoms with Crippen LogP contribution >= 0.6 is 0 Å². The van der Waals surface area contributed by atoms with Gasteiger partial charge in [-0.3, -0.25) is 4.79 Å². The largest absolute Gasteiger partial charge is 0.508 e. The minimum atomic E-state index is -0.917. The summed E-state index contributed by atoms with van der Waals surface area (Å²) in [5, 5.41) is 63.9. The van der Waals surface area contributed by atoms with Gasteiger partial charge in [-0.15, -0.1) is 0 Å². The van der Waals surface area contributed by atoms with E-state index in [-0.39, 0.29) is 63.7 Å². The summed E-state index contributed by atoms with van der Waals surface area (Å²) in [5.74, 6) is -1.83. The number of hydrogen-bond donors (Lipinski definition) is 6. The first-order valence-corrected chi connectivity index (χ1v) is 16.4. The van der Waals surface area contributed by atoms with Crippen LogP contribution in [0.4, 0.5) is 0 Å². The summed E-state index contributed by atoms with van der Waals surface area (Å²) in [7, 11) is 0. The van der Waals surface area contributed by atoms with Gasteiger partial charge in [-0.25, -0.2) is 0 Å². The Morgan fingerprint density at radius 3 is 2.08 bits per heavy atom. The van der Waals surface area contributed by atoms with Gasteiger partial charge in [0.15, 0.2) is 5.78 Å². The normalized spacial score (nSPS) is 23.6. The molecule has 1 fully saturated rings. The minimum Gasteiger partial charge on any atom is -0.508 e. The molecule has 0 saturated carbocycles. The molecule has 3 aliphatic rings. The Kier molecular flexibility index (Phi) is 7.63. The molecule has 10 nitrogen and oxygen atoms in total. The van der Waals surface area contributed by atoms with E-state index in [1.54, 1.807) is 12.1 Å². The molecule has 0 aromatic heterocycles. The average Bonchev–Trinajstić information content (AvgIpc) is 3.40. The highest BCUT2D eigenvalue weighted by Crippen LogP contribution is 2.61. The summed E-state index contributed by atoms with van der Waals surface area (Å²) in [6.45, 7) is 8.19. The summed E-state index contributed by atoms with van der Waals surface area (Å²) in [5.41, 5.74) is 1.32. The van der Waals surface area contributed by atoms with Gasteiger partial charge in [-0.2, -0.15) is 0 Å². The SMILES string of the molecule is CC1(C)CCC(Cc2c3c(c(O)c4c2OC(c2ccc(O)cc2)C4c2cc(O)cc(O)c2)C(=O)CC(c2ccc(O)cc2O)O3)C(C)(C)O1. The van der Waals surface area contributed by atoms with Gasteiger partial charge in [-0.05, 0) is 100 Å². The lowest BCUT2D eigenvalue weighted by molar-refractivity contribution is -0.184. The molecule has 4 aromatic rings. The second-order valence-electron chi connectivity index (χ2n) is 14.5. The van der Waals surface area contributed by atoms with Crippen LogP contribution < -0.4 is 9.47 Å². The van der Waals surface area contributed by atoms with Crippen LogP contribution in [0.5, 0.6) is 46.0 Å². The number of phenols is 6. The fourth-order valence-corrected chi connectivity index (χ4v) is 7.92. The Labute approximate surface area is 283 Å². The highest BCUT2D eigenvalue weighted by Gasteiger charge is 2.48. The van der Waals surface area contributed by atoms with Crippen molar-refractivity contribution in [3.05, 3.63) is 94.0 Å². The maximum atomic E-state index is 14.1. The van der Waals surface area contributed by atoms with Crippen molar-refractivity contribution in [3.8, 4) is 46.0 Å². The smallest absolute Gasteiger partial charge is 0.174 e. The van der Waals surface area contributed by atoms with E-state index in [9.17, 15) is 35.4 Å². The van der Waals surface area contributed by atoms with Gasteiger partial charge in [0, 0.05) is 28.8 Å². The standard InChI is InChI=1S/C39H40O10/c1-38(2)12-11-21(39(3,4)49-38)15-27-36-32(29(45)18-30(47-36)26-10-9-23(41)17-28(26)44)34(46)33-31(20-13-24(42)16-25(43)14-20)35(48-37(27)33)19-5-7-22(40)8-6-19/h5-10,13-14,16-17,21,30-31,35,40-44,46H,11-12,15,18H2,1-4H3. The monoisotopic (exact) mass is 668 g/mol. The van der Waals surface area contributed by atoms with E-state index in [1.807, 2.05) is 13.8 Å². The number of ketones is 1. The van der Waals surface area contributed by atoms with Crippen molar-refractivity contribution in [3.63, 3.8) is 0 Å². The molecule has 256 valence electrons. The van der Waals surface area contributed by atoms with Crippen LogP contribution in [-0.2, 0) is 11.2 Å². The van der Waals surface area contributed by atoms with E-state index >= 15 is 0 Å². The Hall–Kier alpha value is -5.09. The van der Waals surface area contributed by atoms with Gasteiger partial charge in [0.05, 0.1) is 23.5 Å².